The summed E-state index contributed by atoms with van der Waals surface area (Å²) in [4.78, 5) is 31.6. The number of ketones is 2. The van der Waals surface area contributed by atoms with Gasteiger partial charge in [-0.15, -0.1) is 0 Å². The average Bonchev–Trinajstić information content (AvgIpc) is 2.83. The van der Waals surface area contributed by atoms with Gasteiger partial charge in [-0.3, -0.25) is 9.59 Å². The van der Waals surface area contributed by atoms with E-state index in [1.807, 2.05) is 0 Å². The van der Waals surface area contributed by atoms with Crippen molar-refractivity contribution >= 4 is 22.9 Å². The van der Waals surface area contributed by atoms with Gasteiger partial charge in [0.15, 0.2) is 46.5 Å². The normalized spacial score (nSPS) is 13.1. The van der Waals surface area contributed by atoms with Gasteiger partial charge in [-0.25, -0.2) is 45.1 Å². The maximum Gasteiger partial charge on any atom is 0.213 e. The van der Waals surface area contributed by atoms with Gasteiger partial charge in [-0.1, -0.05) is 0 Å². The van der Waals surface area contributed by atoms with Crippen molar-refractivity contribution in [1.82, 2.24) is 9.97 Å². The highest BCUT2D eigenvalue weighted by Gasteiger charge is 2.35. The number of hydrogen-bond acceptors (Lipinski definition) is 6. The van der Waals surface area contributed by atoms with E-state index in [9.17, 15) is 44.7 Å². The molecule has 1 aromatic heterocycles. The Kier molecular flexibility index (Phi) is 5.30. The van der Waals surface area contributed by atoms with Crippen molar-refractivity contribution < 1.29 is 44.7 Å². The van der Waals surface area contributed by atoms with Crippen LogP contribution in [0, 0.1) is 46.5 Å². The van der Waals surface area contributed by atoms with Crippen LogP contribution in [0.2, 0.25) is 0 Å². The maximum absolute atomic E-state index is 14.7. The molecule has 0 fully saturated rings. The SMILES string of the molecule is Nc1c(F)c(F)c(-c2c(F)c(F)c(NC3=CC(=O)c4ncncc4C3=O)c(F)c2F)c(F)c1F. The Hall–Kier alpha value is -4.36. The third kappa shape index (κ3) is 3.17. The van der Waals surface area contributed by atoms with E-state index in [4.69, 9.17) is 5.73 Å². The summed E-state index contributed by atoms with van der Waals surface area (Å²) in [5, 5.41) is 1.71. The summed E-state index contributed by atoms with van der Waals surface area (Å²) < 4.78 is 114. The van der Waals surface area contributed by atoms with Gasteiger partial charge in [0, 0.05) is 12.3 Å². The van der Waals surface area contributed by atoms with E-state index in [0.717, 1.165) is 12.5 Å². The van der Waals surface area contributed by atoms with Gasteiger partial charge in [0.05, 0.1) is 22.4 Å². The molecule has 1 aliphatic rings. The standard InChI is InChI=1S/C20H6F8N4O2/c21-9-7(10(22)14(26)17(29)13(9)25)8-11(23)15(27)19(16(28)12(8)24)32-5-1-6(33)18-4(20(5)34)2-30-3-31-18/h1-3,32H,29H2. The second-order valence-electron chi connectivity index (χ2n) is 6.71. The summed E-state index contributed by atoms with van der Waals surface area (Å²) >= 11 is 0. The number of benzene rings is 2. The van der Waals surface area contributed by atoms with E-state index >= 15 is 0 Å². The lowest BCUT2D eigenvalue weighted by molar-refractivity contribution is 0.0981. The van der Waals surface area contributed by atoms with Crippen molar-refractivity contribution in [3.8, 4) is 11.1 Å². The number of halogens is 8. The van der Waals surface area contributed by atoms with E-state index in [-0.39, 0.29) is 5.69 Å². The van der Waals surface area contributed by atoms with Crippen molar-refractivity contribution in [2.24, 2.45) is 0 Å². The fraction of sp³-hybridized carbons (Fsp3) is 0. The Balaban J connectivity index is 1.88. The van der Waals surface area contributed by atoms with Crippen molar-refractivity contribution in [3.63, 3.8) is 0 Å². The molecule has 0 amide bonds. The molecule has 0 saturated heterocycles. The number of allylic oxidation sites excluding steroid dienone is 2. The first kappa shape index (κ1) is 22.8. The smallest absolute Gasteiger partial charge is 0.213 e. The summed E-state index contributed by atoms with van der Waals surface area (Å²) in [6.45, 7) is 0. The monoisotopic (exact) mass is 486 g/mol. The third-order valence-electron chi connectivity index (χ3n) is 4.78. The number of nitrogens with zero attached hydrogens (tertiary/aromatic N) is 2. The minimum atomic E-state index is -2.47. The van der Waals surface area contributed by atoms with Crippen LogP contribution in [0.3, 0.4) is 0 Å². The highest BCUT2D eigenvalue weighted by Crippen LogP contribution is 2.40. The molecule has 34 heavy (non-hydrogen) atoms. The van der Waals surface area contributed by atoms with Gasteiger partial charge in [0.25, 0.3) is 0 Å². The molecule has 4 rings (SSSR count). The van der Waals surface area contributed by atoms with Crippen LogP contribution in [0.5, 0.6) is 0 Å². The van der Waals surface area contributed by atoms with Gasteiger partial charge >= 0.3 is 0 Å². The zero-order chi connectivity index (χ0) is 25.1. The van der Waals surface area contributed by atoms with E-state index in [1.54, 1.807) is 5.32 Å². The molecule has 0 bridgehead atoms. The number of nitrogens with two attached hydrogens (primary N) is 1. The number of Topliss-reactive ketones (excluding diaryl/α,β-unsaturated/α-hetero) is 1. The van der Waals surface area contributed by atoms with Crippen LogP contribution in [0.4, 0.5) is 46.5 Å². The van der Waals surface area contributed by atoms with E-state index in [1.165, 1.54) is 0 Å². The number of carbonyl (C=O) groups is 2. The molecule has 1 heterocycles. The minimum Gasteiger partial charge on any atom is -0.394 e. The molecular formula is C20H6F8N4O2. The second-order valence-corrected chi connectivity index (χ2v) is 6.71. The summed E-state index contributed by atoms with van der Waals surface area (Å²) in [5.41, 5.74) is -4.36. The topological polar surface area (TPSA) is 98.0 Å². The largest absolute Gasteiger partial charge is 0.394 e. The van der Waals surface area contributed by atoms with Gasteiger partial charge in [0.2, 0.25) is 11.6 Å². The number of aromatic nitrogens is 2. The number of carbonyl (C=O) groups excluding carboxylic acids is 2. The first-order valence-electron chi connectivity index (χ1n) is 8.82. The zero-order valence-electron chi connectivity index (χ0n) is 16.0. The Morgan fingerprint density at radius 3 is 1.76 bits per heavy atom. The highest BCUT2D eigenvalue weighted by atomic mass is 19.2. The Bertz CT molecular complexity index is 1410. The van der Waals surface area contributed by atoms with Crippen LogP contribution < -0.4 is 11.1 Å². The number of anilines is 2. The predicted molar refractivity (Wildman–Crippen MR) is 98.4 cm³/mol. The molecule has 174 valence electrons. The van der Waals surface area contributed by atoms with Crippen LogP contribution in [-0.4, -0.2) is 21.5 Å². The molecule has 0 aliphatic heterocycles. The maximum atomic E-state index is 14.7. The Morgan fingerprint density at radius 2 is 1.24 bits per heavy atom. The molecule has 3 N–H and O–H groups in total. The van der Waals surface area contributed by atoms with Crippen molar-refractivity contribution in [1.29, 1.82) is 0 Å². The molecular weight excluding hydrogens is 480 g/mol. The summed E-state index contributed by atoms with van der Waals surface area (Å²) in [7, 11) is 0. The van der Waals surface area contributed by atoms with Gasteiger partial charge < -0.3 is 11.1 Å². The lowest BCUT2D eigenvalue weighted by Gasteiger charge is -2.18. The number of fused-ring (bicyclic) bond motifs is 1. The molecule has 1 aliphatic carbocycles. The van der Waals surface area contributed by atoms with Gasteiger partial charge in [0.1, 0.15) is 23.4 Å². The number of nitrogens with one attached hydrogen (secondary N) is 1. The highest BCUT2D eigenvalue weighted by molar-refractivity contribution is 6.24. The fourth-order valence-electron chi connectivity index (χ4n) is 3.16. The van der Waals surface area contributed by atoms with E-state index in [0.29, 0.717) is 6.08 Å². The van der Waals surface area contributed by atoms with Crippen molar-refractivity contribution in [2.45, 2.75) is 0 Å². The molecule has 0 saturated carbocycles. The number of nitrogen functional groups attached to an aromatic ring is 1. The fourth-order valence-corrected chi connectivity index (χ4v) is 3.16. The van der Waals surface area contributed by atoms with Crippen LogP contribution in [0.25, 0.3) is 11.1 Å². The average molecular weight is 486 g/mol. The number of rotatable bonds is 3. The molecule has 2 aromatic carbocycles. The van der Waals surface area contributed by atoms with Crippen molar-refractivity contribution in [3.05, 3.63) is 82.1 Å². The van der Waals surface area contributed by atoms with Crippen LogP contribution >= 0.6 is 0 Å². The van der Waals surface area contributed by atoms with Crippen LogP contribution in [0.15, 0.2) is 24.3 Å². The molecule has 0 unspecified atom stereocenters. The number of hydrogen-bond donors (Lipinski definition) is 2. The van der Waals surface area contributed by atoms with Crippen LogP contribution in [0.1, 0.15) is 20.8 Å². The Labute approximate surface area is 182 Å². The molecule has 14 heteroatoms. The second kappa shape index (κ2) is 7.90. The predicted octanol–water partition coefficient (Wildman–Crippen LogP) is 4.21. The molecule has 3 aromatic rings. The first-order chi connectivity index (χ1) is 16.0. The third-order valence-corrected chi connectivity index (χ3v) is 4.78. The molecule has 0 atom stereocenters. The molecule has 6 nitrogen and oxygen atoms in total. The quantitative estimate of drug-likeness (QED) is 0.327. The summed E-state index contributed by atoms with van der Waals surface area (Å²) in [5.74, 6) is -21.0. The Morgan fingerprint density at radius 1 is 0.735 bits per heavy atom. The van der Waals surface area contributed by atoms with Crippen LogP contribution in [-0.2, 0) is 0 Å². The lowest BCUT2D eigenvalue weighted by atomic mass is 9.97. The first-order valence-corrected chi connectivity index (χ1v) is 8.82. The summed E-state index contributed by atoms with van der Waals surface area (Å²) in [6.07, 6.45) is 2.38. The van der Waals surface area contributed by atoms with Crippen molar-refractivity contribution in [2.75, 3.05) is 11.1 Å². The van der Waals surface area contributed by atoms with Gasteiger partial charge in [-0.05, 0) is 0 Å². The van der Waals surface area contributed by atoms with Gasteiger partial charge in [-0.2, -0.15) is 0 Å². The minimum absolute atomic E-state index is 0.349. The molecule has 0 spiro atoms. The van der Waals surface area contributed by atoms with E-state index in [2.05, 4.69) is 9.97 Å². The summed E-state index contributed by atoms with van der Waals surface area (Å²) in [6, 6.07) is 0. The van der Waals surface area contributed by atoms with E-state index < -0.39 is 91.9 Å². The zero-order valence-corrected chi connectivity index (χ0v) is 16.0. The molecule has 0 radical (unpaired) electrons. The lowest BCUT2D eigenvalue weighted by Crippen LogP contribution is -2.24.